The number of rotatable bonds is 7. The van der Waals surface area contributed by atoms with E-state index in [9.17, 15) is 14.4 Å². The summed E-state index contributed by atoms with van der Waals surface area (Å²) in [6.45, 7) is 4.04. The Hall–Kier alpha value is -2.57. The minimum Gasteiger partial charge on any atom is -0.490 e. The van der Waals surface area contributed by atoms with Gasteiger partial charge in [-0.05, 0) is 19.4 Å². The first kappa shape index (κ1) is 17.8. The van der Waals surface area contributed by atoms with Crippen LogP contribution < -0.4 is 10.1 Å². The Bertz CT molecular complexity index is 632. The highest BCUT2D eigenvalue weighted by Gasteiger charge is 2.34. The zero-order valence-electron chi connectivity index (χ0n) is 14.2. The van der Waals surface area contributed by atoms with E-state index in [1.165, 1.54) is 11.9 Å². The second-order valence-corrected chi connectivity index (χ2v) is 5.84. The van der Waals surface area contributed by atoms with Gasteiger partial charge >= 0.3 is 6.03 Å². The van der Waals surface area contributed by atoms with E-state index in [4.69, 9.17) is 4.74 Å². The fourth-order valence-electron chi connectivity index (χ4n) is 2.28. The molecule has 0 bridgehead atoms. The Balaban J connectivity index is 1.92. The second kappa shape index (κ2) is 7.81. The lowest BCUT2D eigenvalue weighted by molar-refractivity contribution is -0.130. The predicted octanol–water partition coefficient (Wildman–Crippen LogP) is 1.37. The molecule has 24 heavy (non-hydrogen) atoms. The zero-order chi connectivity index (χ0) is 17.7. The highest BCUT2D eigenvalue weighted by atomic mass is 16.5. The molecule has 1 aliphatic heterocycles. The van der Waals surface area contributed by atoms with Crippen molar-refractivity contribution in [3.05, 3.63) is 29.8 Å². The lowest BCUT2D eigenvalue weighted by atomic mass is 10.2. The Kier molecular flexibility index (Phi) is 5.78. The number of carbonyl (C=O) groups is 3. The largest absolute Gasteiger partial charge is 0.490 e. The highest BCUT2D eigenvalue weighted by Crippen LogP contribution is 2.20. The van der Waals surface area contributed by atoms with Crippen molar-refractivity contribution in [3.63, 3.8) is 0 Å². The van der Waals surface area contributed by atoms with Gasteiger partial charge in [0.1, 0.15) is 18.8 Å². The van der Waals surface area contributed by atoms with Gasteiger partial charge in [0.05, 0.1) is 6.10 Å². The summed E-state index contributed by atoms with van der Waals surface area (Å²) in [5, 5.41) is 2.73. The van der Waals surface area contributed by atoms with Crippen LogP contribution >= 0.6 is 0 Å². The maximum absolute atomic E-state index is 12.0. The number of hydrogen-bond acceptors (Lipinski definition) is 4. The monoisotopic (exact) mass is 333 g/mol. The molecule has 0 radical (unpaired) electrons. The molecule has 2 rings (SSSR count). The Labute approximate surface area is 141 Å². The zero-order valence-corrected chi connectivity index (χ0v) is 14.2. The number of imide groups is 1. The van der Waals surface area contributed by atoms with Gasteiger partial charge in [-0.3, -0.25) is 14.5 Å². The number of carbonyl (C=O) groups excluding carboxylic acids is 3. The van der Waals surface area contributed by atoms with Gasteiger partial charge in [0, 0.05) is 19.2 Å². The number of likely N-dealkylation sites (N-methyl/N-ethyl adjacent to an activating group) is 1. The number of para-hydroxylation sites is 1. The van der Waals surface area contributed by atoms with Crippen molar-refractivity contribution in [2.24, 2.45) is 0 Å². The molecule has 0 spiro atoms. The minimum atomic E-state index is -0.448. The molecular formula is C17H23N3O4. The third-order valence-electron chi connectivity index (χ3n) is 3.88. The molecule has 0 aliphatic carbocycles. The van der Waals surface area contributed by atoms with Crippen LogP contribution in [0.25, 0.3) is 0 Å². The quantitative estimate of drug-likeness (QED) is 0.765. The SMILES string of the molecule is CC[C@@H](C)Oc1ccccc1CNC(=O)CN1C(=O)CN(C)C1=O. The maximum atomic E-state index is 12.0. The number of urea groups is 1. The molecule has 0 unspecified atom stereocenters. The summed E-state index contributed by atoms with van der Waals surface area (Å²) in [6, 6.07) is 7.03. The summed E-state index contributed by atoms with van der Waals surface area (Å²) < 4.78 is 5.83. The molecule has 7 heteroatoms. The van der Waals surface area contributed by atoms with Gasteiger partial charge in [-0.15, -0.1) is 0 Å². The van der Waals surface area contributed by atoms with Gasteiger partial charge in [0.15, 0.2) is 0 Å². The predicted molar refractivity (Wildman–Crippen MR) is 88.4 cm³/mol. The molecule has 1 heterocycles. The number of amides is 4. The molecule has 1 N–H and O–H groups in total. The maximum Gasteiger partial charge on any atom is 0.327 e. The van der Waals surface area contributed by atoms with E-state index in [2.05, 4.69) is 5.32 Å². The second-order valence-electron chi connectivity index (χ2n) is 5.84. The summed E-state index contributed by atoms with van der Waals surface area (Å²) in [7, 11) is 1.53. The van der Waals surface area contributed by atoms with E-state index in [0.717, 1.165) is 22.6 Å². The number of nitrogens with zero attached hydrogens (tertiary/aromatic N) is 2. The summed E-state index contributed by atoms with van der Waals surface area (Å²) in [6.07, 6.45) is 0.963. The first-order valence-electron chi connectivity index (χ1n) is 7.99. The van der Waals surface area contributed by atoms with Crippen LogP contribution in [-0.4, -0.2) is 53.9 Å². The number of nitrogens with one attached hydrogen (secondary N) is 1. The van der Waals surface area contributed by atoms with Crippen molar-refractivity contribution in [3.8, 4) is 5.75 Å². The van der Waals surface area contributed by atoms with Crippen molar-refractivity contribution in [1.82, 2.24) is 15.1 Å². The average Bonchev–Trinajstić information content (AvgIpc) is 2.80. The van der Waals surface area contributed by atoms with Crippen molar-refractivity contribution in [2.75, 3.05) is 20.1 Å². The molecule has 0 aromatic heterocycles. The van der Waals surface area contributed by atoms with Crippen LogP contribution in [0.2, 0.25) is 0 Å². The Morgan fingerprint density at radius 1 is 1.33 bits per heavy atom. The molecule has 130 valence electrons. The van der Waals surface area contributed by atoms with Gasteiger partial charge < -0.3 is 15.0 Å². The third kappa shape index (κ3) is 4.24. The minimum absolute atomic E-state index is 0.0116. The molecule has 1 aliphatic rings. The molecule has 1 aromatic carbocycles. The Morgan fingerprint density at radius 2 is 2.04 bits per heavy atom. The highest BCUT2D eigenvalue weighted by molar-refractivity contribution is 6.04. The Morgan fingerprint density at radius 3 is 2.67 bits per heavy atom. The molecule has 0 saturated carbocycles. The van der Waals surface area contributed by atoms with Crippen LogP contribution in [0, 0.1) is 0 Å². The van der Waals surface area contributed by atoms with Gasteiger partial charge in [-0.1, -0.05) is 25.1 Å². The smallest absolute Gasteiger partial charge is 0.327 e. The van der Waals surface area contributed by atoms with E-state index in [1.807, 2.05) is 38.1 Å². The molecule has 1 atom stereocenters. The summed E-state index contributed by atoms with van der Waals surface area (Å²) in [5.74, 6) is -0.0243. The topological polar surface area (TPSA) is 79.0 Å². The van der Waals surface area contributed by atoms with Gasteiger partial charge in [-0.25, -0.2) is 4.79 Å². The fraction of sp³-hybridized carbons (Fsp3) is 0.471. The van der Waals surface area contributed by atoms with Crippen LogP contribution in [0.3, 0.4) is 0 Å². The van der Waals surface area contributed by atoms with Gasteiger partial charge in [0.25, 0.3) is 5.91 Å². The molecule has 1 saturated heterocycles. The van der Waals surface area contributed by atoms with Gasteiger partial charge in [0.2, 0.25) is 5.91 Å². The number of ether oxygens (including phenoxy) is 1. The third-order valence-corrected chi connectivity index (χ3v) is 3.88. The van der Waals surface area contributed by atoms with Crippen molar-refractivity contribution in [2.45, 2.75) is 32.9 Å². The molecule has 4 amide bonds. The van der Waals surface area contributed by atoms with Crippen molar-refractivity contribution >= 4 is 17.8 Å². The van der Waals surface area contributed by atoms with Crippen molar-refractivity contribution < 1.29 is 19.1 Å². The van der Waals surface area contributed by atoms with Crippen molar-refractivity contribution in [1.29, 1.82) is 0 Å². The van der Waals surface area contributed by atoms with Crippen LogP contribution in [0.4, 0.5) is 4.79 Å². The summed E-state index contributed by atoms with van der Waals surface area (Å²) in [5.41, 5.74) is 0.849. The molecule has 1 fully saturated rings. The average molecular weight is 333 g/mol. The van der Waals surface area contributed by atoms with Crippen LogP contribution in [0.5, 0.6) is 5.75 Å². The van der Waals surface area contributed by atoms with E-state index in [1.54, 1.807) is 0 Å². The first-order valence-corrected chi connectivity index (χ1v) is 7.99. The normalized spacial score (nSPS) is 15.6. The van der Waals surface area contributed by atoms with Crippen LogP contribution in [-0.2, 0) is 16.1 Å². The van der Waals surface area contributed by atoms with E-state index < -0.39 is 6.03 Å². The molecule has 7 nitrogen and oxygen atoms in total. The lowest BCUT2D eigenvalue weighted by Crippen LogP contribution is -2.40. The van der Waals surface area contributed by atoms with Crippen LogP contribution in [0.15, 0.2) is 24.3 Å². The fourth-order valence-corrected chi connectivity index (χ4v) is 2.28. The summed E-state index contributed by atoms with van der Waals surface area (Å²) in [4.78, 5) is 37.7. The van der Waals surface area contributed by atoms with E-state index in [0.29, 0.717) is 0 Å². The standard InChI is InChI=1S/C17H23N3O4/c1-4-12(2)24-14-8-6-5-7-13(14)9-18-15(21)10-20-16(22)11-19(3)17(20)23/h5-8,12H,4,9-11H2,1-3H3,(H,18,21)/t12-/m1/s1. The van der Waals surface area contributed by atoms with E-state index in [-0.39, 0.29) is 37.6 Å². The lowest BCUT2D eigenvalue weighted by Gasteiger charge is -2.17. The van der Waals surface area contributed by atoms with E-state index >= 15 is 0 Å². The molecular weight excluding hydrogens is 310 g/mol. The first-order chi connectivity index (χ1) is 11.4. The summed E-state index contributed by atoms with van der Waals surface area (Å²) >= 11 is 0. The number of hydrogen-bond donors (Lipinski definition) is 1. The number of benzene rings is 1. The van der Waals surface area contributed by atoms with Gasteiger partial charge in [-0.2, -0.15) is 0 Å². The molecule has 1 aromatic rings. The van der Waals surface area contributed by atoms with Crippen LogP contribution in [0.1, 0.15) is 25.8 Å².